The highest BCUT2D eigenvalue weighted by Crippen LogP contribution is 2.35. The van der Waals surface area contributed by atoms with Crippen LogP contribution >= 0.6 is 0 Å². The van der Waals surface area contributed by atoms with Crippen molar-refractivity contribution >= 4 is 23.2 Å². The maximum Gasteiger partial charge on any atom is 0.264 e. The van der Waals surface area contributed by atoms with Crippen molar-refractivity contribution < 1.29 is 22.7 Å². The molecule has 12 heteroatoms. The van der Waals surface area contributed by atoms with Crippen LogP contribution in [-0.4, -0.2) is 59.7 Å². The fourth-order valence-corrected chi connectivity index (χ4v) is 4.39. The number of rotatable bonds is 8. The number of benzene rings is 1. The lowest BCUT2D eigenvalue weighted by Gasteiger charge is -2.31. The van der Waals surface area contributed by atoms with E-state index in [9.17, 15) is 18.4 Å². The van der Waals surface area contributed by atoms with E-state index >= 15 is 4.39 Å². The predicted octanol–water partition coefficient (Wildman–Crippen LogP) is 4.23. The van der Waals surface area contributed by atoms with Crippen LogP contribution in [0.15, 0.2) is 41.6 Å². The Morgan fingerprint density at radius 1 is 1.24 bits per heavy atom. The van der Waals surface area contributed by atoms with Crippen LogP contribution in [0, 0.1) is 5.82 Å². The zero-order valence-corrected chi connectivity index (χ0v) is 21.3. The van der Waals surface area contributed by atoms with Crippen molar-refractivity contribution in [3.05, 3.63) is 64.1 Å². The number of anilines is 3. The summed E-state index contributed by atoms with van der Waals surface area (Å²) in [4.78, 5) is 39.5. The SMILES string of the molecule is CCN(CC)c1cc(F)c(-c2cnc(N3CCOC(C)C3)nc2)cc1NC(=O)c1c[nH]c(=O)cc1C(F)F. The van der Waals surface area contributed by atoms with Gasteiger partial charge in [-0.3, -0.25) is 9.59 Å². The first-order chi connectivity index (χ1) is 18.2. The molecule has 3 aromatic rings. The van der Waals surface area contributed by atoms with Crippen molar-refractivity contribution in [1.29, 1.82) is 0 Å². The summed E-state index contributed by atoms with van der Waals surface area (Å²) in [6, 6.07) is 3.41. The normalized spacial score (nSPS) is 15.6. The fourth-order valence-electron chi connectivity index (χ4n) is 4.39. The molecule has 2 N–H and O–H groups in total. The number of hydrogen-bond acceptors (Lipinski definition) is 7. The van der Waals surface area contributed by atoms with E-state index in [0.717, 1.165) is 6.20 Å². The number of nitrogens with one attached hydrogen (secondary N) is 2. The second-order valence-corrected chi connectivity index (χ2v) is 8.84. The van der Waals surface area contributed by atoms with Crippen LogP contribution in [0.4, 0.5) is 30.5 Å². The zero-order chi connectivity index (χ0) is 27.4. The second kappa shape index (κ2) is 11.6. The van der Waals surface area contributed by atoms with Crippen LogP contribution in [0.2, 0.25) is 0 Å². The number of aromatic amines is 1. The maximum atomic E-state index is 15.4. The van der Waals surface area contributed by atoms with Gasteiger partial charge in [0.25, 0.3) is 12.3 Å². The number of alkyl halides is 2. The third-order valence-corrected chi connectivity index (χ3v) is 6.35. The largest absolute Gasteiger partial charge is 0.375 e. The number of nitrogens with zero attached hydrogens (tertiary/aromatic N) is 4. The summed E-state index contributed by atoms with van der Waals surface area (Å²) in [5, 5.41) is 2.63. The van der Waals surface area contributed by atoms with Crippen molar-refractivity contribution in [2.75, 3.05) is 47.9 Å². The lowest BCUT2D eigenvalue weighted by atomic mass is 10.0. The molecule has 1 aromatic carbocycles. The quantitative estimate of drug-likeness (QED) is 0.449. The molecule has 1 amide bonds. The van der Waals surface area contributed by atoms with E-state index in [2.05, 4.69) is 20.3 Å². The standard InChI is InChI=1S/C26H29F3N6O3/c1-4-34(5-2)22-10-20(27)17(16-11-31-26(32-12-16)35-6-7-38-15(3)14-35)8-21(22)33-25(37)19-13-30-23(36)9-18(19)24(28)29/h8-13,15,24H,4-7,14H2,1-3H3,(H,30,36)(H,33,37). The van der Waals surface area contributed by atoms with Crippen molar-refractivity contribution in [3.8, 4) is 11.1 Å². The topological polar surface area (TPSA) is 103 Å². The van der Waals surface area contributed by atoms with E-state index in [1.54, 1.807) is 0 Å². The molecule has 1 unspecified atom stereocenters. The van der Waals surface area contributed by atoms with Gasteiger partial charge in [-0.1, -0.05) is 0 Å². The first kappa shape index (κ1) is 27.1. The van der Waals surface area contributed by atoms with Gasteiger partial charge in [0.1, 0.15) is 5.82 Å². The number of ether oxygens (including phenoxy) is 1. The minimum atomic E-state index is -3.03. The summed E-state index contributed by atoms with van der Waals surface area (Å²) in [7, 11) is 0. The molecule has 9 nitrogen and oxygen atoms in total. The average molecular weight is 531 g/mol. The molecule has 0 saturated carbocycles. The molecule has 1 atom stereocenters. The average Bonchev–Trinajstić information content (AvgIpc) is 2.90. The number of aromatic nitrogens is 3. The monoisotopic (exact) mass is 530 g/mol. The highest BCUT2D eigenvalue weighted by atomic mass is 19.3. The van der Waals surface area contributed by atoms with Crippen LogP contribution in [0.5, 0.6) is 0 Å². The summed E-state index contributed by atoms with van der Waals surface area (Å²) in [6.45, 7) is 8.54. The van der Waals surface area contributed by atoms with Gasteiger partial charge in [-0.25, -0.2) is 23.1 Å². The molecule has 0 radical (unpaired) electrons. The number of hydrogen-bond donors (Lipinski definition) is 2. The molecule has 1 fully saturated rings. The molecule has 1 saturated heterocycles. The molecule has 1 aliphatic heterocycles. The molecule has 0 aliphatic carbocycles. The molecule has 2 aromatic heterocycles. The van der Waals surface area contributed by atoms with Crippen molar-refractivity contribution in [3.63, 3.8) is 0 Å². The number of amides is 1. The molecule has 4 rings (SSSR count). The molecular weight excluding hydrogens is 501 g/mol. The number of carbonyl (C=O) groups is 1. The van der Waals surface area contributed by atoms with Gasteiger partial charge in [0.2, 0.25) is 11.5 Å². The van der Waals surface area contributed by atoms with E-state index in [1.807, 2.05) is 30.6 Å². The lowest BCUT2D eigenvalue weighted by molar-refractivity contribution is 0.0526. The molecule has 1 aliphatic rings. The Labute approximate surface area is 217 Å². The number of carbonyl (C=O) groups excluding carboxylic acids is 1. The number of pyridine rings is 1. The van der Waals surface area contributed by atoms with E-state index in [0.29, 0.717) is 56.1 Å². The maximum absolute atomic E-state index is 15.4. The van der Waals surface area contributed by atoms with Gasteiger partial charge in [0.05, 0.1) is 29.6 Å². The summed E-state index contributed by atoms with van der Waals surface area (Å²) in [5.74, 6) is -0.927. The lowest BCUT2D eigenvalue weighted by Crippen LogP contribution is -2.41. The van der Waals surface area contributed by atoms with E-state index in [-0.39, 0.29) is 22.9 Å². The van der Waals surface area contributed by atoms with Gasteiger partial charge in [0.15, 0.2) is 0 Å². The van der Waals surface area contributed by atoms with Crippen molar-refractivity contribution in [1.82, 2.24) is 15.0 Å². The third-order valence-electron chi connectivity index (χ3n) is 6.35. The molecule has 202 valence electrons. The Morgan fingerprint density at radius 3 is 2.58 bits per heavy atom. The van der Waals surface area contributed by atoms with Gasteiger partial charge in [0, 0.05) is 67.5 Å². The van der Waals surface area contributed by atoms with Crippen LogP contribution in [0.3, 0.4) is 0 Å². The fraction of sp³-hybridized carbons (Fsp3) is 0.385. The van der Waals surface area contributed by atoms with Crippen LogP contribution in [-0.2, 0) is 4.74 Å². The van der Waals surface area contributed by atoms with Crippen LogP contribution in [0.1, 0.15) is 43.1 Å². The Hall–Kier alpha value is -3.93. The van der Waals surface area contributed by atoms with E-state index < -0.39 is 29.3 Å². The Kier molecular flexibility index (Phi) is 8.30. The van der Waals surface area contributed by atoms with Gasteiger partial charge < -0.3 is 24.8 Å². The predicted molar refractivity (Wildman–Crippen MR) is 139 cm³/mol. The van der Waals surface area contributed by atoms with Crippen LogP contribution < -0.4 is 20.7 Å². The first-order valence-electron chi connectivity index (χ1n) is 12.3. The minimum absolute atomic E-state index is 0.0382. The van der Waals surface area contributed by atoms with Crippen molar-refractivity contribution in [2.24, 2.45) is 0 Å². The van der Waals surface area contributed by atoms with Gasteiger partial charge in [-0.2, -0.15) is 0 Å². The summed E-state index contributed by atoms with van der Waals surface area (Å²) in [6.07, 6.45) is 0.950. The zero-order valence-electron chi connectivity index (χ0n) is 21.3. The number of halogens is 3. The molecule has 0 spiro atoms. The Balaban J connectivity index is 1.71. The van der Waals surface area contributed by atoms with Gasteiger partial charge in [-0.05, 0) is 32.9 Å². The van der Waals surface area contributed by atoms with Gasteiger partial charge >= 0.3 is 0 Å². The summed E-state index contributed by atoms with van der Waals surface area (Å²) in [5.41, 5.74) is -0.720. The molecule has 3 heterocycles. The molecule has 38 heavy (non-hydrogen) atoms. The Bertz CT molecular complexity index is 1350. The highest BCUT2D eigenvalue weighted by molar-refractivity contribution is 6.07. The summed E-state index contributed by atoms with van der Waals surface area (Å²) < 4.78 is 48.0. The summed E-state index contributed by atoms with van der Waals surface area (Å²) >= 11 is 0. The van der Waals surface area contributed by atoms with Gasteiger partial charge in [-0.15, -0.1) is 0 Å². The highest BCUT2D eigenvalue weighted by Gasteiger charge is 2.23. The second-order valence-electron chi connectivity index (χ2n) is 8.84. The van der Waals surface area contributed by atoms with Crippen molar-refractivity contribution in [2.45, 2.75) is 33.3 Å². The smallest absolute Gasteiger partial charge is 0.264 e. The van der Waals surface area contributed by atoms with E-state index in [1.165, 1.54) is 24.5 Å². The van der Waals surface area contributed by atoms with Crippen LogP contribution in [0.25, 0.3) is 11.1 Å². The molecular formula is C26H29F3N6O3. The number of morpholine rings is 1. The third kappa shape index (κ3) is 5.80. The Morgan fingerprint density at radius 2 is 1.95 bits per heavy atom. The number of H-pyrrole nitrogens is 1. The minimum Gasteiger partial charge on any atom is -0.375 e. The van der Waals surface area contributed by atoms with E-state index in [4.69, 9.17) is 4.74 Å². The molecule has 0 bridgehead atoms. The first-order valence-corrected chi connectivity index (χ1v) is 12.3.